The minimum atomic E-state index is 0.989. The van der Waals surface area contributed by atoms with Crippen LogP contribution in [0.25, 0.3) is 214 Å². The second kappa shape index (κ2) is 24.6. The van der Waals surface area contributed by atoms with Gasteiger partial charge >= 0.3 is 0 Å². The highest BCUT2D eigenvalue weighted by molar-refractivity contribution is 7.21. The summed E-state index contributed by atoms with van der Waals surface area (Å²) >= 11 is 1.75. The molecule has 0 aliphatic carbocycles. The van der Waals surface area contributed by atoms with Crippen molar-refractivity contribution in [3.63, 3.8) is 0 Å². The van der Waals surface area contributed by atoms with Crippen molar-refractivity contribution in [3.05, 3.63) is 388 Å². The van der Waals surface area contributed by atoms with Gasteiger partial charge in [0.15, 0.2) is 0 Å². The molecule has 17 aromatic carbocycles. The second-order valence-electron chi connectivity index (χ2n) is 29.0. The normalized spacial score (nSPS) is 12.0. The first-order valence-electron chi connectivity index (χ1n) is 37.6. The molecule has 0 N–H and O–H groups in total. The van der Waals surface area contributed by atoms with Crippen molar-refractivity contribution < 1.29 is 0 Å². The maximum atomic E-state index is 5.49. The van der Waals surface area contributed by atoms with Gasteiger partial charge in [0.2, 0.25) is 0 Å². The van der Waals surface area contributed by atoms with Crippen molar-refractivity contribution in [3.8, 4) is 94.6 Å². The fourth-order valence-corrected chi connectivity index (χ4v) is 18.8. The Hall–Kier alpha value is -14.4. The molecule has 0 spiro atoms. The molecule has 0 bridgehead atoms. The van der Waals surface area contributed by atoms with E-state index in [2.05, 4.69) is 411 Å². The summed E-state index contributed by atoms with van der Waals surface area (Å²) in [6.45, 7) is 0. The maximum Gasteiger partial charge on any atom is 0.124 e. The Labute approximate surface area is 637 Å². The Balaban J connectivity index is 0.559. The molecule has 0 radical (unpaired) electrons. The Bertz CT molecular complexity index is 7680. The molecule has 0 saturated carbocycles. The molecular formula is C103H64N6S. The average Bonchev–Trinajstić information content (AvgIpc) is 2.01. The Morgan fingerprint density at radius 2 is 0.445 bits per heavy atom. The van der Waals surface area contributed by atoms with E-state index in [9.17, 15) is 0 Å². The molecule has 6 aromatic heterocycles. The monoisotopic (exact) mass is 1420 g/mol. The lowest BCUT2D eigenvalue weighted by atomic mass is 9.99. The van der Waals surface area contributed by atoms with E-state index in [0.29, 0.717) is 0 Å². The van der Waals surface area contributed by atoms with Gasteiger partial charge in [-0.2, -0.15) is 0 Å². The van der Waals surface area contributed by atoms with E-state index in [1.165, 1.54) is 137 Å². The van der Waals surface area contributed by atoms with Crippen molar-refractivity contribution in [2.45, 2.75) is 0 Å². The lowest BCUT2D eigenvalue weighted by molar-refractivity contribution is 1.18. The van der Waals surface area contributed by atoms with Crippen molar-refractivity contribution in [2.24, 2.45) is 0 Å². The molecule has 23 rings (SSSR count). The van der Waals surface area contributed by atoms with E-state index in [0.717, 1.165) is 76.9 Å². The fraction of sp³-hybridized carbons (Fsp3) is 0. The fourth-order valence-electron chi connectivity index (χ4n) is 17.8. The van der Waals surface area contributed by atoms with Crippen LogP contribution in [0.2, 0.25) is 0 Å². The Morgan fingerprint density at radius 1 is 0.173 bits per heavy atom. The van der Waals surface area contributed by atoms with Gasteiger partial charge in [-0.1, -0.05) is 224 Å². The summed E-state index contributed by atoms with van der Waals surface area (Å²) in [4.78, 5) is 5.49. The van der Waals surface area contributed by atoms with Crippen LogP contribution in [0.5, 0.6) is 0 Å². The predicted octanol–water partition coefficient (Wildman–Crippen LogP) is 27.8. The van der Waals surface area contributed by atoms with Gasteiger partial charge in [0.05, 0.1) is 65.4 Å². The van der Waals surface area contributed by atoms with Crippen LogP contribution in [0.1, 0.15) is 0 Å². The first kappa shape index (κ1) is 61.9. The minimum Gasteiger partial charge on any atom is -0.309 e. The molecule has 0 saturated heterocycles. The first-order chi connectivity index (χ1) is 54.5. The van der Waals surface area contributed by atoms with E-state index in [-0.39, 0.29) is 0 Å². The molecule has 110 heavy (non-hydrogen) atoms. The molecule has 6 heterocycles. The van der Waals surface area contributed by atoms with Gasteiger partial charge in [-0.3, -0.25) is 0 Å². The van der Waals surface area contributed by atoms with Crippen LogP contribution < -0.4 is 0 Å². The SMILES string of the molecule is c1ccc(-c2ccc3c(c2)c2cc(-c4ccc5c(c4)c4ccccc4n5-c4ccc(-c5cccc6sc(-c7cccc(-n8c9ccccc9c9cc(-c%10ccc%11c(c%10)c%10ccccc%10n%11-c%10ccccc%10)ccc98)c7)nc56)cc4)ccc2n3-c2ccc(-c3ccc4c(c3)c3ccccc3n4-c3ccccc3)cc2)cc1. The van der Waals surface area contributed by atoms with Gasteiger partial charge in [0, 0.05) is 93.4 Å². The number of nitrogens with zero attached hydrogens (tertiary/aromatic N) is 6. The molecule has 0 amide bonds. The summed E-state index contributed by atoms with van der Waals surface area (Å²) in [6, 6.07) is 143. The third-order valence-electron chi connectivity index (χ3n) is 22.9. The second-order valence-corrected chi connectivity index (χ2v) is 30.0. The summed E-state index contributed by atoms with van der Waals surface area (Å²) in [5, 5.41) is 13.3. The molecule has 0 aliphatic heterocycles. The highest BCUT2D eigenvalue weighted by Crippen LogP contribution is 2.45. The lowest BCUT2D eigenvalue weighted by Gasteiger charge is -2.11. The molecule has 0 fully saturated rings. The number of rotatable bonds is 11. The maximum absolute atomic E-state index is 5.49. The van der Waals surface area contributed by atoms with Crippen LogP contribution in [-0.2, 0) is 0 Å². The van der Waals surface area contributed by atoms with Gasteiger partial charge in [0.1, 0.15) is 5.01 Å². The smallest absolute Gasteiger partial charge is 0.124 e. The third-order valence-corrected chi connectivity index (χ3v) is 24.0. The number of thiazole rings is 1. The van der Waals surface area contributed by atoms with Crippen molar-refractivity contribution in [1.82, 2.24) is 27.8 Å². The van der Waals surface area contributed by atoms with Gasteiger partial charge < -0.3 is 22.8 Å². The molecule has 512 valence electrons. The van der Waals surface area contributed by atoms with Gasteiger partial charge in [-0.25, -0.2) is 4.98 Å². The topological polar surface area (TPSA) is 37.5 Å². The zero-order valence-electron chi connectivity index (χ0n) is 59.5. The quantitative estimate of drug-likeness (QED) is 0.127. The largest absolute Gasteiger partial charge is 0.309 e. The number of aromatic nitrogens is 6. The van der Waals surface area contributed by atoms with Gasteiger partial charge in [-0.05, 0) is 214 Å². The van der Waals surface area contributed by atoms with Gasteiger partial charge in [-0.15, -0.1) is 11.3 Å². The molecular weight excluding hydrogens is 1350 g/mol. The van der Waals surface area contributed by atoms with Gasteiger partial charge in [0.25, 0.3) is 0 Å². The van der Waals surface area contributed by atoms with E-state index in [1.807, 2.05) is 0 Å². The molecule has 0 atom stereocenters. The molecule has 23 aromatic rings. The van der Waals surface area contributed by atoms with E-state index < -0.39 is 0 Å². The minimum absolute atomic E-state index is 0.989. The Morgan fingerprint density at radius 3 is 0.845 bits per heavy atom. The van der Waals surface area contributed by atoms with Crippen LogP contribution in [0.4, 0.5) is 0 Å². The van der Waals surface area contributed by atoms with Crippen LogP contribution in [0, 0.1) is 0 Å². The van der Waals surface area contributed by atoms with E-state index in [1.54, 1.807) is 11.3 Å². The molecule has 0 unspecified atom stereocenters. The average molecular weight is 1420 g/mol. The lowest BCUT2D eigenvalue weighted by Crippen LogP contribution is -1.94. The van der Waals surface area contributed by atoms with E-state index >= 15 is 0 Å². The highest BCUT2D eigenvalue weighted by Gasteiger charge is 2.23. The Kier molecular flexibility index (Phi) is 13.8. The summed E-state index contributed by atoms with van der Waals surface area (Å²) in [5.41, 5.74) is 31.2. The zero-order chi connectivity index (χ0) is 72.1. The van der Waals surface area contributed by atoms with Crippen molar-refractivity contribution in [1.29, 1.82) is 0 Å². The van der Waals surface area contributed by atoms with Crippen LogP contribution in [-0.4, -0.2) is 27.8 Å². The number of para-hydroxylation sites is 7. The number of hydrogen-bond donors (Lipinski definition) is 0. The number of benzene rings is 17. The molecule has 6 nitrogen and oxygen atoms in total. The highest BCUT2D eigenvalue weighted by atomic mass is 32.1. The van der Waals surface area contributed by atoms with Crippen LogP contribution in [0.15, 0.2) is 388 Å². The standard InChI is InChI=1S/C103H64N6S/c1-4-20-65(21-5-1)68-42-53-99-89(60-68)90-64-73(47-57-100(90)108(99)77-48-38-66(39-49-77)69-43-52-95-85(59-69)81-28-10-14-33-91(81)105(95)75-23-6-2-7-24-75)72-45-55-97-87(62-72)83-30-12-16-35-93(83)107(97)78-50-40-67(41-51-78)80-32-19-37-101-102(80)104-103(110-101)74-22-18-27-79(58-74)109-94-36-17-13-31-84(94)88-63-71(46-56-98(88)109)70-44-54-96-86(61-70)82-29-11-15-34-92(82)106(96)76-25-8-3-9-26-76/h1-64H. The van der Waals surface area contributed by atoms with Crippen LogP contribution in [0.3, 0.4) is 0 Å². The third kappa shape index (κ3) is 9.71. The predicted molar refractivity (Wildman–Crippen MR) is 464 cm³/mol. The molecule has 0 aliphatic rings. The first-order valence-corrected chi connectivity index (χ1v) is 38.5. The summed E-state index contributed by atoms with van der Waals surface area (Å²) in [7, 11) is 0. The molecule has 7 heteroatoms. The number of fused-ring (bicyclic) bond motifs is 16. The summed E-state index contributed by atoms with van der Waals surface area (Å²) in [6.07, 6.45) is 0. The van der Waals surface area contributed by atoms with E-state index in [4.69, 9.17) is 4.98 Å². The number of hydrogen-bond acceptors (Lipinski definition) is 2. The zero-order valence-corrected chi connectivity index (χ0v) is 60.4. The van der Waals surface area contributed by atoms with Crippen molar-refractivity contribution in [2.75, 3.05) is 0 Å². The summed E-state index contributed by atoms with van der Waals surface area (Å²) in [5.74, 6) is 0. The van der Waals surface area contributed by atoms with Crippen LogP contribution >= 0.6 is 11.3 Å². The van der Waals surface area contributed by atoms with Crippen molar-refractivity contribution >= 4 is 131 Å². The summed E-state index contributed by atoms with van der Waals surface area (Å²) < 4.78 is 13.2.